The van der Waals surface area contributed by atoms with Crippen LogP contribution < -0.4 is 0 Å². The van der Waals surface area contributed by atoms with Gasteiger partial charge < -0.3 is 19.4 Å². The van der Waals surface area contributed by atoms with Crippen LogP contribution in [-0.4, -0.2) is 57.3 Å². The van der Waals surface area contributed by atoms with E-state index in [2.05, 4.69) is 4.98 Å². The Morgan fingerprint density at radius 3 is 2.10 bits per heavy atom. The van der Waals surface area contributed by atoms with E-state index in [4.69, 9.17) is 0 Å². The van der Waals surface area contributed by atoms with Gasteiger partial charge in [0, 0.05) is 58.0 Å². The fraction of sp³-hybridized carbons (Fsp3) is 0.333. The number of piperazine rings is 1. The van der Waals surface area contributed by atoms with Gasteiger partial charge in [-0.25, -0.2) is 0 Å². The van der Waals surface area contributed by atoms with Gasteiger partial charge in [-0.05, 0) is 12.1 Å². The molecule has 1 N–H and O–H groups in total. The van der Waals surface area contributed by atoms with E-state index >= 15 is 0 Å². The third-order valence-corrected chi connectivity index (χ3v) is 3.78. The van der Waals surface area contributed by atoms with Crippen LogP contribution in [0.2, 0.25) is 0 Å². The lowest BCUT2D eigenvalue weighted by molar-refractivity contribution is 0.0535. The van der Waals surface area contributed by atoms with Gasteiger partial charge in [0.2, 0.25) is 0 Å². The van der Waals surface area contributed by atoms with E-state index in [-0.39, 0.29) is 11.8 Å². The van der Waals surface area contributed by atoms with Gasteiger partial charge in [0.1, 0.15) is 0 Å². The number of aromatic amines is 1. The average molecular weight is 286 g/mol. The molecule has 6 heteroatoms. The molecule has 0 aliphatic carbocycles. The molecule has 0 bridgehead atoms. The molecule has 2 aromatic rings. The monoisotopic (exact) mass is 286 g/mol. The van der Waals surface area contributed by atoms with Crippen molar-refractivity contribution in [2.24, 2.45) is 7.05 Å². The van der Waals surface area contributed by atoms with Crippen molar-refractivity contribution in [1.82, 2.24) is 19.4 Å². The maximum absolute atomic E-state index is 12.3. The number of hydrogen-bond donors (Lipinski definition) is 1. The van der Waals surface area contributed by atoms with E-state index in [9.17, 15) is 9.59 Å². The molecule has 1 fully saturated rings. The predicted molar refractivity (Wildman–Crippen MR) is 78.0 cm³/mol. The van der Waals surface area contributed by atoms with Crippen LogP contribution in [0.3, 0.4) is 0 Å². The zero-order valence-corrected chi connectivity index (χ0v) is 12.0. The molecule has 2 amide bonds. The Morgan fingerprint density at radius 1 is 1.00 bits per heavy atom. The summed E-state index contributed by atoms with van der Waals surface area (Å²) in [5.74, 6) is 0.0485. The van der Waals surface area contributed by atoms with Crippen molar-refractivity contribution in [2.45, 2.75) is 0 Å². The topological polar surface area (TPSA) is 61.3 Å². The number of nitrogens with one attached hydrogen (secondary N) is 1. The normalized spacial score (nSPS) is 15.3. The number of H-pyrrole nitrogens is 1. The van der Waals surface area contributed by atoms with Gasteiger partial charge >= 0.3 is 0 Å². The molecule has 0 aromatic carbocycles. The quantitative estimate of drug-likeness (QED) is 0.893. The molecule has 21 heavy (non-hydrogen) atoms. The average Bonchev–Trinajstić information content (AvgIpc) is 3.17. The van der Waals surface area contributed by atoms with Crippen LogP contribution in [0.15, 0.2) is 36.9 Å². The van der Waals surface area contributed by atoms with Gasteiger partial charge in [0.15, 0.2) is 0 Å². The van der Waals surface area contributed by atoms with Crippen molar-refractivity contribution in [3.63, 3.8) is 0 Å². The number of carbonyl (C=O) groups is 2. The van der Waals surface area contributed by atoms with Gasteiger partial charge in [-0.15, -0.1) is 0 Å². The number of aryl methyl sites for hydroxylation is 1. The molecule has 0 atom stereocenters. The molecule has 0 spiro atoms. The van der Waals surface area contributed by atoms with Crippen molar-refractivity contribution in [3.8, 4) is 0 Å². The highest BCUT2D eigenvalue weighted by atomic mass is 16.2. The first-order chi connectivity index (χ1) is 10.1. The third-order valence-electron chi connectivity index (χ3n) is 3.78. The molecule has 2 aromatic heterocycles. The summed E-state index contributed by atoms with van der Waals surface area (Å²) in [5.41, 5.74) is 1.36. The van der Waals surface area contributed by atoms with E-state index in [1.807, 2.05) is 30.1 Å². The molecule has 3 heterocycles. The zero-order valence-electron chi connectivity index (χ0n) is 12.0. The van der Waals surface area contributed by atoms with Crippen LogP contribution in [0.5, 0.6) is 0 Å². The Balaban J connectivity index is 1.60. The number of rotatable bonds is 2. The summed E-state index contributed by atoms with van der Waals surface area (Å²) in [6.45, 7) is 2.29. The summed E-state index contributed by atoms with van der Waals surface area (Å²) >= 11 is 0. The number of aromatic nitrogens is 2. The van der Waals surface area contributed by atoms with E-state index in [1.165, 1.54) is 0 Å². The van der Waals surface area contributed by atoms with E-state index in [0.717, 1.165) is 0 Å². The maximum Gasteiger partial charge on any atom is 0.255 e. The zero-order chi connectivity index (χ0) is 14.8. The second-order valence-corrected chi connectivity index (χ2v) is 5.25. The molecule has 0 radical (unpaired) electrons. The molecule has 1 aliphatic heterocycles. The van der Waals surface area contributed by atoms with Crippen LogP contribution in [0.25, 0.3) is 0 Å². The molecule has 1 aliphatic rings. The largest absolute Gasteiger partial charge is 0.367 e. The van der Waals surface area contributed by atoms with Gasteiger partial charge in [-0.2, -0.15) is 0 Å². The number of carbonyl (C=O) groups excluding carboxylic acids is 2. The summed E-state index contributed by atoms with van der Waals surface area (Å²) in [6, 6.07) is 3.59. The SMILES string of the molecule is Cn1ccc(C(=O)N2CCN(C(=O)c3cc[nH]c3)CC2)c1. The lowest BCUT2D eigenvalue weighted by Gasteiger charge is -2.34. The smallest absolute Gasteiger partial charge is 0.255 e. The molecule has 110 valence electrons. The maximum atomic E-state index is 12.3. The number of hydrogen-bond acceptors (Lipinski definition) is 2. The summed E-state index contributed by atoms with van der Waals surface area (Å²) in [4.78, 5) is 31.0. The Hall–Kier alpha value is -2.50. The van der Waals surface area contributed by atoms with Crippen LogP contribution >= 0.6 is 0 Å². The lowest BCUT2D eigenvalue weighted by atomic mass is 10.2. The highest BCUT2D eigenvalue weighted by Gasteiger charge is 2.25. The van der Waals surface area contributed by atoms with Crippen molar-refractivity contribution < 1.29 is 9.59 Å². The first-order valence-corrected chi connectivity index (χ1v) is 6.98. The third kappa shape index (κ3) is 2.69. The van der Waals surface area contributed by atoms with Crippen molar-refractivity contribution in [2.75, 3.05) is 26.2 Å². The minimum atomic E-state index is 0.0167. The Bertz CT molecular complexity index is 636. The first-order valence-electron chi connectivity index (χ1n) is 6.98. The second kappa shape index (κ2) is 5.47. The fourth-order valence-electron chi connectivity index (χ4n) is 2.56. The Morgan fingerprint density at radius 2 is 1.62 bits per heavy atom. The van der Waals surface area contributed by atoms with Crippen LogP contribution in [-0.2, 0) is 7.05 Å². The molecule has 3 rings (SSSR count). The van der Waals surface area contributed by atoms with Crippen molar-refractivity contribution >= 4 is 11.8 Å². The predicted octanol–water partition coefficient (Wildman–Crippen LogP) is 0.951. The highest BCUT2D eigenvalue weighted by Crippen LogP contribution is 2.11. The molecular formula is C15H18N4O2. The first kappa shape index (κ1) is 13.5. The molecule has 0 saturated carbocycles. The van der Waals surface area contributed by atoms with Gasteiger partial charge in [0.25, 0.3) is 11.8 Å². The van der Waals surface area contributed by atoms with Gasteiger partial charge in [-0.3, -0.25) is 9.59 Å². The molecule has 6 nitrogen and oxygen atoms in total. The summed E-state index contributed by atoms with van der Waals surface area (Å²) in [7, 11) is 1.89. The standard InChI is InChI=1S/C15H18N4O2/c1-17-5-3-13(11-17)15(21)19-8-6-18(7-9-19)14(20)12-2-4-16-10-12/h2-5,10-11,16H,6-9H2,1H3. The summed E-state index contributed by atoms with van der Waals surface area (Å²) in [5, 5.41) is 0. The lowest BCUT2D eigenvalue weighted by Crippen LogP contribution is -2.50. The minimum Gasteiger partial charge on any atom is -0.367 e. The van der Waals surface area contributed by atoms with E-state index in [1.54, 1.807) is 28.3 Å². The summed E-state index contributed by atoms with van der Waals surface area (Å²) < 4.78 is 1.86. The number of nitrogens with zero attached hydrogens (tertiary/aromatic N) is 3. The fourth-order valence-corrected chi connectivity index (χ4v) is 2.56. The van der Waals surface area contributed by atoms with Crippen LogP contribution in [0.1, 0.15) is 20.7 Å². The number of amides is 2. The molecule has 1 saturated heterocycles. The van der Waals surface area contributed by atoms with Gasteiger partial charge in [0.05, 0.1) is 11.1 Å². The minimum absolute atomic E-state index is 0.0167. The Kier molecular flexibility index (Phi) is 3.51. The van der Waals surface area contributed by atoms with E-state index in [0.29, 0.717) is 37.3 Å². The van der Waals surface area contributed by atoms with Crippen LogP contribution in [0, 0.1) is 0 Å². The second-order valence-electron chi connectivity index (χ2n) is 5.25. The highest BCUT2D eigenvalue weighted by molar-refractivity contribution is 5.95. The van der Waals surface area contributed by atoms with E-state index < -0.39 is 0 Å². The molecular weight excluding hydrogens is 268 g/mol. The molecule has 0 unspecified atom stereocenters. The Labute approximate surface area is 123 Å². The van der Waals surface area contributed by atoms with Crippen molar-refractivity contribution in [3.05, 3.63) is 48.0 Å². The summed E-state index contributed by atoms with van der Waals surface area (Å²) in [6.07, 6.45) is 7.12. The van der Waals surface area contributed by atoms with Crippen LogP contribution in [0.4, 0.5) is 0 Å². The van der Waals surface area contributed by atoms with Gasteiger partial charge in [-0.1, -0.05) is 0 Å². The van der Waals surface area contributed by atoms with Crippen molar-refractivity contribution in [1.29, 1.82) is 0 Å².